The molecular weight excluding hydrogens is 214 g/mol. The van der Waals surface area contributed by atoms with Crippen LogP contribution in [0.2, 0.25) is 0 Å². The molecule has 0 aliphatic carbocycles. The number of carbonyl (C=O) groups is 1. The van der Waals surface area contributed by atoms with Crippen LogP contribution in [0.15, 0.2) is 0 Å². The number of hydrogen-bond donors (Lipinski definition) is 0. The van der Waals surface area contributed by atoms with Gasteiger partial charge < -0.3 is 9.64 Å². The monoisotopic (exact) mass is 243 g/mol. The molecule has 17 heavy (non-hydrogen) atoms. The van der Waals surface area contributed by atoms with Crippen molar-refractivity contribution < 1.29 is 9.53 Å². The normalized spacial score (nSPS) is 12.6. The topological polar surface area (TPSA) is 29.5 Å². The molecule has 0 atom stereocenters. The average molecular weight is 243 g/mol. The first-order valence-electron chi connectivity index (χ1n) is 6.49. The molecule has 102 valence electrons. The van der Waals surface area contributed by atoms with E-state index >= 15 is 0 Å². The lowest BCUT2D eigenvalue weighted by Gasteiger charge is -2.32. The second kappa shape index (κ2) is 7.00. The molecule has 0 amide bonds. The van der Waals surface area contributed by atoms with Crippen LogP contribution in [0.1, 0.15) is 41.5 Å². The molecule has 3 heteroatoms. The van der Waals surface area contributed by atoms with Gasteiger partial charge in [-0.05, 0) is 25.7 Å². The number of ether oxygens (including phenoxy) is 1. The molecule has 0 aliphatic heterocycles. The Labute approximate surface area is 107 Å². The molecule has 0 fully saturated rings. The zero-order valence-corrected chi connectivity index (χ0v) is 12.5. The minimum atomic E-state index is -0.432. The second-order valence-electron chi connectivity index (χ2n) is 6.36. The maximum atomic E-state index is 11.7. The smallest absolute Gasteiger partial charge is 0.312 e. The van der Waals surface area contributed by atoms with Crippen LogP contribution in [0.25, 0.3) is 0 Å². The molecule has 0 spiro atoms. The van der Waals surface area contributed by atoms with E-state index in [1.165, 1.54) is 7.11 Å². The Morgan fingerprint density at radius 1 is 1.12 bits per heavy atom. The summed E-state index contributed by atoms with van der Waals surface area (Å²) in [6, 6.07) is 0. The van der Waals surface area contributed by atoms with E-state index in [0.29, 0.717) is 11.8 Å². The number of methoxy groups -OCH3 is 1. The standard InChI is InChI=1S/C14H29NO2/c1-11(2)8-15(9-12(3)4)10-14(5,6)13(16)17-7/h11-12H,8-10H2,1-7H3. The summed E-state index contributed by atoms with van der Waals surface area (Å²) >= 11 is 0. The molecule has 0 radical (unpaired) electrons. The molecule has 0 aromatic carbocycles. The van der Waals surface area contributed by atoms with Crippen LogP contribution in [0.4, 0.5) is 0 Å². The summed E-state index contributed by atoms with van der Waals surface area (Å²) in [6.45, 7) is 15.5. The first kappa shape index (κ1) is 16.4. The fraction of sp³-hybridized carbons (Fsp3) is 0.929. The number of rotatable bonds is 7. The van der Waals surface area contributed by atoms with Crippen molar-refractivity contribution in [3.05, 3.63) is 0 Å². The van der Waals surface area contributed by atoms with Crippen LogP contribution in [0, 0.1) is 17.3 Å². The highest BCUT2D eigenvalue weighted by atomic mass is 16.5. The van der Waals surface area contributed by atoms with Crippen molar-refractivity contribution in [3.8, 4) is 0 Å². The van der Waals surface area contributed by atoms with Crippen LogP contribution in [-0.2, 0) is 9.53 Å². The predicted octanol–water partition coefficient (Wildman–Crippen LogP) is 2.80. The third-order valence-electron chi connectivity index (χ3n) is 2.60. The van der Waals surface area contributed by atoms with E-state index in [1.54, 1.807) is 0 Å². The van der Waals surface area contributed by atoms with E-state index in [4.69, 9.17) is 4.74 Å². The molecule has 0 unspecified atom stereocenters. The Bertz CT molecular complexity index is 224. The minimum absolute atomic E-state index is 0.130. The summed E-state index contributed by atoms with van der Waals surface area (Å²) in [5.74, 6) is 1.10. The van der Waals surface area contributed by atoms with Gasteiger partial charge in [0, 0.05) is 19.6 Å². The predicted molar refractivity (Wildman–Crippen MR) is 71.9 cm³/mol. The zero-order valence-electron chi connectivity index (χ0n) is 12.5. The number of esters is 1. The Hall–Kier alpha value is -0.570. The van der Waals surface area contributed by atoms with Gasteiger partial charge in [0.2, 0.25) is 0 Å². The highest BCUT2D eigenvalue weighted by molar-refractivity contribution is 5.76. The molecule has 0 N–H and O–H groups in total. The lowest BCUT2D eigenvalue weighted by atomic mass is 9.92. The average Bonchev–Trinajstić information content (AvgIpc) is 2.13. The van der Waals surface area contributed by atoms with Gasteiger partial charge in [0.05, 0.1) is 12.5 Å². The minimum Gasteiger partial charge on any atom is -0.469 e. The van der Waals surface area contributed by atoms with Gasteiger partial charge in [0.25, 0.3) is 0 Å². The molecule has 0 heterocycles. The van der Waals surface area contributed by atoms with Gasteiger partial charge in [-0.1, -0.05) is 27.7 Å². The number of hydrogen-bond acceptors (Lipinski definition) is 3. The van der Waals surface area contributed by atoms with Gasteiger partial charge in [0.15, 0.2) is 0 Å². The first-order chi connectivity index (χ1) is 7.69. The van der Waals surface area contributed by atoms with Crippen LogP contribution < -0.4 is 0 Å². The van der Waals surface area contributed by atoms with Crippen molar-refractivity contribution in [2.75, 3.05) is 26.7 Å². The third kappa shape index (κ3) is 6.67. The van der Waals surface area contributed by atoms with Gasteiger partial charge >= 0.3 is 5.97 Å². The van der Waals surface area contributed by atoms with Crippen LogP contribution in [0.5, 0.6) is 0 Å². The molecule has 0 bridgehead atoms. The molecule has 0 rings (SSSR count). The molecule has 0 aromatic heterocycles. The number of nitrogens with zero attached hydrogens (tertiary/aromatic N) is 1. The van der Waals surface area contributed by atoms with Gasteiger partial charge in [-0.3, -0.25) is 4.79 Å². The molecule has 0 saturated carbocycles. The second-order valence-corrected chi connectivity index (χ2v) is 6.36. The highest BCUT2D eigenvalue weighted by Gasteiger charge is 2.31. The van der Waals surface area contributed by atoms with Crippen molar-refractivity contribution in [1.82, 2.24) is 4.90 Å². The van der Waals surface area contributed by atoms with Crippen molar-refractivity contribution >= 4 is 5.97 Å². The quantitative estimate of drug-likeness (QED) is 0.644. The van der Waals surface area contributed by atoms with Gasteiger partial charge in [-0.15, -0.1) is 0 Å². The van der Waals surface area contributed by atoms with E-state index in [-0.39, 0.29) is 5.97 Å². The van der Waals surface area contributed by atoms with Gasteiger partial charge in [-0.25, -0.2) is 0 Å². The lowest BCUT2D eigenvalue weighted by Crippen LogP contribution is -2.42. The van der Waals surface area contributed by atoms with E-state index < -0.39 is 5.41 Å². The highest BCUT2D eigenvalue weighted by Crippen LogP contribution is 2.20. The fourth-order valence-electron chi connectivity index (χ4n) is 2.14. The van der Waals surface area contributed by atoms with E-state index in [2.05, 4.69) is 32.6 Å². The Balaban J connectivity index is 4.55. The van der Waals surface area contributed by atoms with Crippen molar-refractivity contribution in [1.29, 1.82) is 0 Å². The summed E-state index contributed by atoms with van der Waals surface area (Å²) < 4.78 is 4.86. The molecular formula is C14H29NO2. The molecule has 3 nitrogen and oxygen atoms in total. The summed E-state index contributed by atoms with van der Waals surface area (Å²) in [6.07, 6.45) is 0. The lowest BCUT2D eigenvalue weighted by molar-refractivity contribution is -0.152. The molecule has 0 saturated heterocycles. The maximum absolute atomic E-state index is 11.7. The Morgan fingerprint density at radius 2 is 1.53 bits per heavy atom. The Morgan fingerprint density at radius 3 is 1.82 bits per heavy atom. The van der Waals surface area contributed by atoms with Crippen molar-refractivity contribution in [3.63, 3.8) is 0 Å². The largest absolute Gasteiger partial charge is 0.469 e. The van der Waals surface area contributed by atoms with Crippen LogP contribution in [-0.4, -0.2) is 37.6 Å². The molecule has 0 aliphatic rings. The van der Waals surface area contributed by atoms with E-state index in [0.717, 1.165) is 19.6 Å². The van der Waals surface area contributed by atoms with E-state index in [9.17, 15) is 4.79 Å². The Kier molecular flexibility index (Phi) is 6.76. The van der Waals surface area contributed by atoms with Crippen LogP contribution in [0.3, 0.4) is 0 Å². The summed E-state index contributed by atoms with van der Waals surface area (Å²) in [7, 11) is 1.46. The maximum Gasteiger partial charge on any atom is 0.312 e. The fourth-order valence-corrected chi connectivity index (χ4v) is 2.14. The third-order valence-corrected chi connectivity index (χ3v) is 2.60. The van der Waals surface area contributed by atoms with Gasteiger partial charge in [0.1, 0.15) is 0 Å². The first-order valence-corrected chi connectivity index (χ1v) is 6.49. The van der Waals surface area contributed by atoms with Crippen LogP contribution >= 0.6 is 0 Å². The van der Waals surface area contributed by atoms with E-state index in [1.807, 2.05) is 13.8 Å². The SMILES string of the molecule is COC(=O)C(C)(C)CN(CC(C)C)CC(C)C. The summed E-state index contributed by atoms with van der Waals surface area (Å²) in [5, 5.41) is 0. The number of carbonyl (C=O) groups excluding carboxylic acids is 1. The van der Waals surface area contributed by atoms with Crippen molar-refractivity contribution in [2.45, 2.75) is 41.5 Å². The molecule has 0 aromatic rings. The summed E-state index contributed by atoms with van der Waals surface area (Å²) in [5.41, 5.74) is -0.432. The van der Waals surface area contributed by atoms with Gasteiger partial charge in [-0.2, -0.15) is 0 Å². The zero-order chi connectivity index (χ0) is 13.6. The van der Waals surface area contributed by atoms with Crippen molar-refractivity contribution in [2.24, 2.45) is 17.3 Å². The summed E-state index contributed by atoms with van der Waals surface area (Å²) in [4.78, 5) is 14.1.